The first-order chi connectivity index (χ1) is 8.45. The van der Waals surface area contributed by atoms with E-state index in [0.29, 0.717) is 0 Å². The number of hydrogen-bond acceptors (Lipinski definition) is 3. The number of unbranched alkanes of at least 4 members (excludes halogenated alkanes) is 1. The molecule has 0 aliphatic rings. The van der Waals surface area contributed by atoms with Crippen LogP contribution < -0.4 is 11.1 Å². The molecule has 2 unspecified atom stereocenters. The van der Waals surface area contributed by atoms with Crippen molar-refractivity contribution in [3.05, 3.63) is 23.2 Å². The highest BCUT2D eigenvalue weighted by Gasteiger charge is 2.18. The molecule has 0 spiro atoms. The van der Waals surface area contributed by atoms with Gasteiger partial charge in [0.05, 0.1) is 12.1 Å². The Bertz CT molecular complexity index is 398. The molecule has 0 aromatic carbocycles. The molecule has 0 aliphatic heterocycles. The van der Waals surface area contributed by atoms with Crippen LogP contribution in [0.5, 0.6) is 0 Å². The highest BCUT2D eigenvalue weighted by Crippen LogP contribution is 2.21. The van der Waals surface area contributed by atoms with Crippen LogP contribution in [-0.2, 0) is 4.79 Å². The number of carbonyl (C=O) groups excluding carboxylic acids is 1. The normalized spacial score (nSPS) is 14.3. The van der Waals surface area contributed by atoms with Gasteiger partial charge >= 0.3 is 0 Å². The van der Waals surface area contributed by atoms with Crippen LogP contribution in [0, 0.1) is 13.8 Å². The molecule has 4 heteroatoms. The third-order valence-electron chi connectivity index (χ3n) is 3.11. The number of amides is 1. The lowest BCUT2D eigenvalue weighted by molar-refractivity contribution is -0.123. The lowest BCUT2D eigenvalue weighted by Crippen LogP contribution is -2.41. The van der Waals surface area contributed by atoms with Crippen molar-refractivity contribution in [1.29, 1.82) is 0 Å². The Hall–Kier alpha value is -1.29. The SMILES string of the molecule is CCCCC(N)C(=O)NC(C)c1cc(C)oc1C. The second-order valence-corrected chi connectivity index (χ2v) is 4.85. The van der Waals surface area contributed by atoms with E-state index in [2.05, 4.69) is 12.2 Å². The molecule has 0 fully saturated rings. The Balaban J connectivity index is 2.56. The van der Waals surface area contributed by atoms with Crippen molar-refractivity contribution in [2.45, 2.75) is 59.0 Å². The summed E-state index contributed by atoms with van der Waals surface area (Å²) >= 11 is 0. The fraction of sp³-hybridized carbons (Fsp3) is 0.643. The summed E-state index contributed by atoms with van der Waals surface area (Å²) in [5, 5.41) is 2.94. The quantitative estimate of drug-likeness (QED) is 0.817. The Morgan fingerprint density at radius 2 is 2.17 bits per heavy atom. The highest BCUT2D eigenvalue weighted by molar-refractivity contribution is 5.81. The molecule has 1 heterocycles. The third kappa shape index (κ3) is 3.88. The van der Waals surface area contributed by atoms with Crippen LogP contribution >= 0.6 is 0 Å². The van der Waals surface area contributed by atoms with Crippen LogP contribution in [0.15, 0.2) is 10.5 Å². The molecule has 2 atom stereocenters. The molecule has 1 amide bonds. The van der Waals surface area contributed by atoms with Crippen LogP contribution in [0.1, 0.15) is 56.2 Å². The molecule has 1 aromatic rings. The van der Waals surface area contributed by atoms with Gasteiger partial charge in [-0.1, -0.05) is 19.8 Å². The molecule has 0 radical (unpaired) electrons. The van der Waals surface area contributed by atoms with Gasteiger partial charge in [0.2, 0.25) is 5.91 Å². The first-order valence-corrected chi connectivity index (χ1v) is 6.58. The van der Waals surface area contributed by atoms with Crippen molar-refractivity contribution < 1.29 is 9.21 Å². The largest absolute Gasteiger partial charge is 0.466 e. The average Bonchev–Trinajstić information content (AvgIpc) is 2.65. The summed E-state index contributed by atoms with van der Waals surface area (Å²) in [6.45, 7) is 7.84. The monoisotopic (exact) mass is 252 g/mol. The maximum Gasteiger partial charge on any atom is 0.237 e. The van der Waals surface area contributed by atoms with Gasteiger partial charge in [0.1, 0.15) is 11.5 Å². The molecule has 102 valence electrons. The van der Waals surface area contributed by atoms with Crippen molar-refractivity contribution in [2.75, 3.05) is 0 Å². The summed E-state index contributed by atoms with van der Waals surface area (Å²) in [5.41, 5.74) is 6.85. The van der Waals surface area contributed by atoms with Crippen LogP contribution in [0.3, 0.4) is 0 Å². The number of rotatable bonds is 6. The first kappa shape index (κ1) is 14.8. The Morgan fingerprint density at radius 3 is 2.67 bits per heavy atom. The Morgan fingerprint density at radius 1 is 1.50 bits per heavy atom. The van der Waals surface area contributed by atoms with Gasteiger partial charge in [-0.05, 0) is 33.3 Å². The predicted octanol–water partition coefficient (Wildman–Crippen LogP) is 2.59. The number of furan rings is 1. The second-order valence-electron chi connectivity index (χ2n) is 4.85. The van der Waals surface area contributed by atoms with Crippen molar-refractivity contribution in [3.8, 4) is 0 Å². The molecule has 0 saturated heterocycles. The van der Waals surface area contributed by atoms with E-state index in [1.54, 1.807) is 0 Å². The first-order valence-electron chi connectivity index (χ1n) is 6.58. The van der Waals surface area contributed by atoms with Crippen molar-refractivity contribution in [2.24, 2.45) is 5.73 Å². The lowest BCUT2D eigenvalue weighted by Gasteiger charge is -2.17. The van der Waals surface area contributed by atoms with Crippen LogP contribution in [0.2, 0.25) is 0 Å². The van der Waals surface area contributed by atoms with Crippen molar-refractivity contribution in [1.82, 2.24) is 5.32 Å². The average molecular weight is 252 g/mol. The van der Waals surface area contributed by atoms with E-state index in [1.807, 2.05) is 26.8 Å². The van der Waals surface area contributed by atoms with Gasteiger partial charge < -0.3 is 15.5 Å². The number of aryl methyl sites for hydroxylation is 2. The number of nitrogens with one attached hydrogen (secondary N) is 1. The number of carbonyl (C=O) groups is 1. The molecule has 4 nitrogen and oxygen atoms in total. The summed E-state index contributed by atoms with van der Waals surface area (Å²) in [6, 6.07) is 1.47. The van der Waals surface area contributed by atoms with Gasteiger partial charge in [0.25, 0.3) is 0 Å². The van der Waals surface area contributed by atoms with E-state index in [1.165, 1.54) is 0 Å². The summed E-state index contributed by atoms with van der Waals surface area (Å²) in [5.74, 6) is 1.62. The zero-order valence-corrected chi connectivity index (χ0v) is 11.7. The van der Waals surface area contributed by atoms with E-state index in [4.69, 9.17) is 10.2 Å². The summed E-state index contributed by atoms with van der Waals surface area (Å²) in [4.78, 5) is 11.9. The molecule has 18 heavy (non-hydrogen) atoms. The van der Waals surface area contributed by atoms with Crippen molar-refractivity contribution in [3.63, 3.8) is 0 Å². The van der Waals surface area contributed by atoms with Gasteiger partial charge in [0.15, 0.2) is 0 Å². The Kier molecular flexibility index (Phi) is 5.41. The molecule has 1 rings (SSSR count). The smallest absolute Gasteiger partial charge is 0.237 e. The van der Waals surface area contributed by atoms with Gasteiger partial charge in [-0.2, -0.15) is 0 Å². The van der Waals surface area contributed by atoms with Gasteiger partial charge in [-0.3, -0.25) is 4.79 Å². The second kappa shape index (κ2) is 6.59. The minimum absolute atomic E-state index is 0.0670. The maximum absolute atomic E-state index is 11.9. The van der Waals surface area contributed by atoms with Crippen LogP contribution in [0.25, 0.3) is 0 Å². The fourth-order valence-corrected chi connectivity index (χ4v) is 2.03. The van der Waals surface area contributed by atoms with Crippen molar-refractivity contribution >= 4 is 5.91 Å². The minimum atomic E-state index is -0.416. The van der Waals surface area contributed by atoms with Gasteiger partial charge in [0, 0.05) is 5.56 Å². The van der Waals surface area contributed by atoms with Gasteiger partial charge in [-0.25, -0.2) is 0 Å². The van der Waals surface area contributed by atoms with E-state index in [0.717, 1.165) is 36.3 Å². The zero-order chi connectivity index (χ0) is 13.7. The van der Waals surface area contributed by atoms with E-state index < -0.39 is 6.04 Å². The lowest BCUT2D eigenvalue weighted by atomic mass is 10.1. The molecular weight excluding hydrogens is 228 g/mol. The number of nitrogens with two attached hydrogens (primary N) is 1. The molecule has 0 bridgehead atoms. The summed E-state index contributed by atoms with van der Waals surface area (Å²) < 4.78 is 5.46. The van der Waals surface area contributed by atoms with E-state index in [-0.39, 0.29) is 11.9 Å². The standard InChI is InChI=1S/C14H24N2O2/c1-5-6-7-13(15)14(17)16-10(3)12-8-9(2)18-11(12)4/h8,10,13H,5-7,15H2,1-4H3,(H,16,17). The molecular formula is C14H24N2O2. The highest BCUT2D eigenvalue weighted by atomic mass is 16.3. The minimum Gasteiger partial charge on any atom is -0.466 e. The molecule has 3 N–H and O–H groups in total. The number of hydrogen-bond donors (Lipinski definition) is 2. The van der Waals surface area contributed by atoms with Crippen LogP contribution in [0.4, 0.5) is 0 Å². The van der Waals surface area contributed by atoms with E-state index in [9.17, 15) is 4.79 Å². The molecule has 0 aliphatic carbocycles. The zero-order valence-electron chi connectivity index (χ0n) is 11.7. The molecule has 0 saturated carbocycles. The Labute approximate surface area is 109 Å². The van der Waals surface area contributed by atoms with E-state index >= 15 is 0 Å². The fourth-order valence-electron chi connectivity index (χ4n) is 2.03. The summed E-state index contributed by atoms with van der Waals surface area (Å²) in [7, 11) is 0. The van der Waals surface area contributed by atoms with Crippen LogP contribution in [-0.4, -0.2) is 11.9 Å². The maximum atomic E-state index is 11.9. The topological polar surface area (TPSA) is 68.3 Å². The summed E-state index contributed by atoms with van der Waals surface area (Å²) in [6.07, 6.45) is 2.77. The van der Waals surface area contributed by atoms with Gasteiger partial charge in [-0.15, -0.1) is 0 Å². The molecule has 1 aromatic heterocycles. The predicted molar refractivity (Wildman–Crippen MR) is 72.2 cm³/mol. The third-order valence-corrected chi connectivity index (χ3v) is 3.11.